The maximum absolute atomic E-state index is 5.53. The zero-order chi connectivity index (χ0) is 17.6. The molecular formula is C15H28N6O3. The summed E-state index contributed by atoms with van der Waals surface area (Å²) >= 11 is 0. The van der Waals surface area contributed by atoms with E-state index in [9.17, 15) is 0 Å². The first-order valence-corrected chi connectivity index (χ1v) is 8.02. The fourth-order valence-electron chi connectivity index (χ4n) is 1.58. The minimum atomic E-state index is -0.0237. The maximum Gasteiger partial charge on any atom is 0.323 e. The molecule has 4 N–H and O–H groups in total. The van der Waals surface area contributed by atoms with Crippen LogP contribution in [0.15, 0.2) is 12.7 Å². The number of nitrogens with two attached hydrogens (primary N) is 1. The molecule has 1 aromatic heterocycles. The first-order chi connectivity index (χ1) is 11.7. The van der Waals surface area contributed by atoms with Crippen molar-refractivity contribution in [3.63, 3.8) is 0 Å². The van der Waals surface area contributed by atoms with E-state index < -0.39 is 0 Å². The molecule has 0 aliphatic rings. The van der Waals surface area contributed by atoms with Crippen molar-refractivity contribution in [2.45, 2.75) is 20.0 Å². The van der Waals surface area contributed by atoms with Crippen molar-refractivity contribution in [1.82, 2.24) is 15.0 Å². The number of anilines is 2. The predicted molar refractivity (Wildman–Crippen MR) is 93.5 cm³/mol. The Kier molecular flexibility index (Phi) is 10.4. The molecule has 0 saturated carbocycles. The van der Waals surface area contributed by atoms with Crippen LogP contribution in [0, 0.1) is 0 Å². The Morgan fingerprint density at radius 2 is 1.71 bits per heavy atom. The van der Waals surface area contributed by atoms with Gasteiger partial charge >= 0.3 is 6.01 Å². The molecule has 0 amide bonds. The van der Waals surface area contributed by atoms with Crippen molar-refractivity contribution < 1.29 is 14.2 Å². The Labute approximate surface area is 143 Å². The highest BCUT2D eigenvalue weighted by atomic mass is 16.5. The Morgan fingerprint density at radius 3 is 2.33 bits per heavy atom. The summed E-state index contributed by atoms with van der Waals surface area (Å²) in [6, 6.07) is 0.269. The topological polar surface area (TPSA) is 116 Å². The number of hydrogen-bond donors (Lipinski definition) is 3. The molecule has 0 saturated heterocycles. The highest BCUT2D eigenvalue weighted by Gasteiger charge is 2.08. The Balaban J connectivity index is 2.42. The molecular weight excluding hydrogens is 312 g/mol. The predicted octanol–water partition coefficient (Wildman–Crippen LogP) is 0.661. The number of nitrogens with zero attached hydrogens (tertiary/aromatic N) is 3. The number of nitrogens with one attached hydrogen (secondary N) is 2. The van der Waals surface area contributed by atoms with Gasteiger partial charge in [-0.15, -0.1) is 6.58 Å². The second-order valence-corrected chi connectivity index (χ2v) is 5.04. The van der Waals surface area contributed by atoms with Crippen LogP contribution in [0.3, 0.4) is 0 Å². The second kappa shape index (κ2) is 12.5. The normalized spacial score (nSPS) is 10.7. The SMILES string of the molecule is C=CCNc1nc(NCCOCCOCCN)nc(OC(C)C)n1. The highest BCUT2D eigenvalue weighted by molar-refractivity contribution is 5.36. The van der Waals surface area contributed by atoms with Crippen LogP contribution in [-0.2, 0) is 9.47 Å². The molecule has 24 heavy (non-hydrogen) atoms. The van der Waals surface area contributed by atoms with Gasteiger partial charge in [0.25, 0.3) is 0 Å². The molecule has 136 valence electrons. The monoisotopic (exact) mass is 340 g/mol. The van der Waals surface area contributed by atoms with Crippen molar-refractivity contribution >= 4 is 11.9 Å². The molecule has 0 bridgehead atoms. The lowest BCUT2D eigenvalue weighted by Gasteiger charge is -2.12. The van der Waals surface area contributed by atoms with E-state index in [1.165, 1.54) is 0 Å². The summed E-state index contributed by atoms with van der Waals surface area (Å²) in [5, 5.41) is 6.10. The summed E-state index contributed by atoms with van der Waals surface area (Å²) in [5.74, 6) is 0.856. The summed E-state index contributed by atoms with van der Waals surface area (Å²) in [6.45, 7) is 11.2. The van der Waals surface area contributed by atoms with Gasteiger partial charge in [-0.3, -0.25) is 0 Å². The molecule has 0 aromatic carbocycles. The van der Waals surface area contributed by atoms with Crippen molar-refractivity contribution in [2.75, 3.05) is 56.7 Å². The van der Waals surface area contributed by atoms with Gasteiger partial charge in [-0.05, 0) is 13.8 Å². The zero-order valence-corrected chi connectivity index (χ0v) is 14.5. The molecule has 9 heteroatoms. The largest absolute Gasteiger partial charge is 0.461 e. The van der Waals surface area contributed by atoms with Crippen molar-refractivity contribution in [1.29, 1.82) is 0 Å². The molecule has 0 aliphatic carbocycles. The maximum atomic E-state index is 5.53. The van der Waals surface area contributed by atoms with Crippen LogP contribution in [0.2, 0.25) is 0 Å². The summed E-state index contributed by atoms with van der Waals surface area (Å²) in [4.78, 5) is 12.7. The van der Waals surface area contributed by atoms with E-state index in [0.29, 0.717) is 58.0 Å². The first-order valence-electron chi connectivity index (χ1n) is 8.02. The molecule has 0 spiro atoms. The van der Waals surface area contributed by atoms with Crippen LogP contribution in [0.25, 0.3) is 0 Å². The minimum absolute atomic E-state index is 0.0237. The Bertz CT molecular complexity index is 473. The molecule has 0 radical (unpaired) electrons. The quantitative estimate of drug-likeness (QED) is 0.332. The van der Waals surface area contributed by atoms with Gasteiger partial charge in [-0.25, -0.2) is 0 Å². The second-order valence-electron chi connectivity index (χ2n) is 5.04. The Hall–Kier alpha value is -1.97. The molecule has 0 unspecified atom stereocenters. The van der Waals surface area contributed by atoms with E-state index in [1.807, 2.05) is 13.8 Å². The van der Waals surface area contributed by atoms with E-state index in [4.69, 9.17) is 19.9 Å². The average molecular weight is 340 g/mol. The third kappa shape index (κ3) is 9.23. The van der Waals surface area contributed by atoms with Gasteiger partial charge in [-0.2, -0.15) is 15.0 Å². The summed E-state index contributed by atoms with van der Waals surface area (Å²) in [5.41, 5.74) is 5.32. The number of aromatic nitrogens is 3. The number of rotatable bonds is 14. The lowest BCUT2D eigenvalue weighted by Crippen LogP contribution is -2.17. The van der Waals surface area contributed by atoms with E-state index in [0.717, 1.165) is 0 Å². The molecule has 1 rings (SSSR count). The van der Waals surface area contributed by atoms with E-state index in [1.54, 1.807) is 6.08 Å². The van der Waals surface area contributed by atoms with E-state index >= 15 is 0 Å². The molecule has 0 aliphatic heterocycles. The van der Waals surface area contributed by atoms with Gasteiger partial charge < -0.3 is 30.6 Å². The Morgan fingerprint density at radius 1 is 1.04 bits per heavy atom. The molecule has 9 nitrogen and oxygen atoms in total. The smallest absolute Gasteiger partial charge is 0.323 e. The average Bonchev–Trinajstić information content (AvgIpc) is 2.54. The molecule has 0 fully saturated rings. The van der Waals surface area contributed by atoms with Gasteiger partial charge in [0.1, 0.15) is 0 Å². The van der Waals surface area contributed by atoms with Crippen LogP contribution in [0.1, 0.15) is 13.8 Å². The summed E-state index contributed by atoms with van der Waals surface area (Å²) in [7, 11) is 0. The summed E-state index contributed by atoms with van der Waals surface area (Å²) in [6.07, 6.45) is 1.70. The van der Waals surface area contributed by atoms with Crippen molar-refractivity contribution in [2.24, 2.45) is 5.73 Å². The molecule has 1 heterocycles. The molecule has 0 atom stereocenters. The van der Waals surface area contributed by atoms with Gasteiger partial charge in [0.2, 0.25) is 11.9 Å². The van der Waals surface area contributed by atoms with Crippen LogP contribution < -0.4 is 21.1 Å². The molecule has 1 aromatic rings. The van der Waals surface area contributed by atoms with E-state index in [-0.39, 0.29) is 12.1 Å². The number of ether oxygens (including phenoxy) is 3. The zero-order valence-electron chi connectivity index (χ0n) is 14.5. The van der Waals surface area contributed by atoms with E-state index in [2.05, 4.69) is 32.2 Å². The van der Waals surface area contributed by atoms with Crippen LogP contribution in [-0.4, -0.2) is 67.1 Å². The van der Waals surface area contributed by atoms with Gasteiger partial charge in [0.05, 0.1) is 32.5 Å². The fourth-order valence-corrected chi connectivity index (χ4v) is 1.58. The van der Waals surface area contributed by atoms with Crippen LogP contribution >= 0.6 is 0 Å². The van der Waals surface area contributed by atoms with Crippen LogP contribution in [0.5, 0.6) is 6.01 Å². The van der Waals surface area contributed by atoms with Crippen molar-refractivity contribution in [3.8, 4) is 6.01 Å². The fraction of sp³-hybridized carbons (Fsp3) is 0.667. The van der Waals surface area contributed by atoms with Gasteiger partial charge in [0, 0.05) is 19.6 Å². The standard InChI is InChI=1S/C15H28N6O3/c1-4-6-17-13-19-14(21-15(20-13)24-12(2)3)18-7-9-23-11-10-22-8-5-16/h4,12H,1,5-11,16H2,2-3H3,(H2,17,18,19,20,21). The lowest BCUT2D eigenvalue weighted by molar-refractivity contribution is 0.0547. The van der Waals surface area contributed by atoms with Gasteiger partial charge in [-0.1, -0.05) is 6.08 Å². The third-order valence-electron chi connectivity index (χ3n) is 2.52. The minimum Gasteiger partial charge on any atom is -0.461 e. The summed E-state index contributed by atoms with van der Waals surface area (Å²) < 4.78 is 16.2. The third-order valence-corrected chi connectivity index (χ3v) is 2.52. The first kappa shape index (κ1) is 20.1. The van der Waals surface area contributed by atoms with Crippen molar-refractivity contribution in [3.05, 3.63) is 12.7 Å². The number of hydrogen-bond acceptors (Lipinski definition) is 9. The van der Waals surface area contributed by atoms with Crippen LogP contribution in [0.4, 0.5) is 11.9 Å². The lowest BCUT2D eigenvalue weighted by atomic mass is 10.5. The highest BCUT2D eigenvalue weighted by Crippen LogP contribution is 2.12. The van der Waals surface area contributed by atoms with Gasteiger partial charge in [0.15, 0.2) is 0 Å².